The number of benzene rings is 1. The van der Waals surface area contributed by atoms with E-state index in [1.54, 1.807) is 18.2 Å². The van der Waals surface area contributed by atoms with Gasteiger partial charge >= 0.3 is 12.2 Å². The molecule has 0 aliphatic rings. The fourth-order valence-electron chi connectivity index (χ4n) is 2.05. The first-order valence-electron chi connectivity index (χ1n) is 7.38. The Morgan fingerprint density at radius 2 is 1.64 bits per heavy atom. The number of hydrogen-bond acceptors (Lipinski definition) is 4. The van der Waals surface area contributed by atoms with Crippen molar-refractivity contribution in [2.24, 2.45) is 10.2 Å². The van der Waals surface area contributed by atoms with Crippen molar-refractivity contribution < 1.29 is 18.8 Å². The summed E-state index contributed by atoms with van der Waals surface area (Å²) in [5.41, 5.74) is 0.950. The molecule has 0 bridgehead atoms. The van der Waals surface area contributed by atoms with Gasteiger partial charge in [-0.2, -0.15) is 0 Å². The Balaban J connectivity index is 2.60. The third-order valence-electron chi connectivity index (χ3n) is 3.64. The second kappa shape index (κ2) is 8.43. The van der Waals surface area contributed by atoms with Crippen molar-refractivity contribution in [3.63, 3.8) is 0 Å². The van der Waals surface area contributed by atoms with Gasteiger partial charge in [0.25, 0.3) is 8.32 Å². The van der Waals surface area contributed by atoms with Crippen LogP contribution in [0, 0.1) is 6.92 Å². The molecule has 7 heteroatoms. The zero-order chi connectivity index (χ0) is 16.6. The lowest BCUT2D eigenvalue weighted by molar-refractivity contribution is 0.198. The van der Waals surface area contributed by atoms with Gasteiger partial charge in [-0.3, -0.25) is 0 Å². The summed E-state index contributed by atoms with van der Waals surface area (Å²) in [6.07, 6.45) is -1.77. The Labute approximate surface area is 131 Å². The third kappa shape index (κ3) is 5.40. The van der Waals surface area contributed by atoms with Crippen molar-refractivity contribution in [3.8, 4) is 5.75 Å². The molecule has 6 nitrogen and oxygen atoms in total. The van der Waals surface area contributed by atoms with Gasteiger partial charge in [0.1, 0.15) is 5.75 Å². The number of carbonyl (C=O) groups is 2. The molecular formula is C15H22N2O4Si. The van der Waals surface area contributed by atoms with E-state index in [9.17, 15) is 9.59 Å². The Hall–Kier alpha value is -2.02. The molecule has 0 unspecified atom stereocenters. The summed E-state index contributed by atoms with van der Waals surface area (Å²) in [5.74, 6) is 0.358. The van der Waals surface area contributed by atoms with Gasteiger partial charge < -0.3 is 9.16 Å². The summed E-state index contributed by atoms with van der Waals surface area (Å²) in [5, 5.41) is 6.54. The fraction of sp³-hybridized carbons (Fsp3) is 0.467. The molecular weight excluding hydrogens is 300 g/mol. The smallest absolute Gasteiger partial charge is 0.458 e. The lowest BCUT2D eigenvalue weighted by atomic mass is 10.2. The third-order valence-corrected chi connectivity index (χ3v) is 8.12. The van der Waals surface area contributed by atoms with Crippen LogP contribution in [-0.4, -0.2) is 20.5 Å². The maximum Gasteiger partial charge on any atom is 0.458 e. The molecule has 0 atom stereocenters. The summed E-state index contributed by atoms with van der Waals surface area (Å²) in [4.78, 5) is 23.2. The fourth-order valence-corrected chi connectivity index (χ4v) is 4.40. The molecule has 22 heavy (non-hydrogen) atoms. The maximum atomic E-state index is 11.7. The van der Waals surface area contributed by atoms with Gasteiger partial charge in [0.05, 0.1) is 0 Å². The number of rotatable bonds is 5. The average Bonchev–Trinajstić information content (AvgIpc) is 2.51. The SMILES string of the molecule is CC[Si](CC)(CC)OC(=O)N=NC(=O)Oc1cccc(C)c1. The molecule has 1 aromatic carbocycles. The van der Waals surface area contributed by atoms with Gasteiger partial charge in [0.2, 0.25) is 0 Å². The minimum atomic E-state index is -2.09. The molecule has 0 spiro atoms. The zero-order valence-electron chi connectivity index (χ0n) is 13.5. The quantitative estimate of drug-likeness (QED) is 0.559. The number of hydrogen-bond donors (Lipinski definition) is 0. The van der Waals surface area contributed by atoms with Crippen molar-refractivity contribution in [1.29, 1.82) is 0 Å². The Morgan fingerprint density at radius 1 is 1.05 bits per heavy atom. The molecule has 0 aliphatic carbocycles. The van der Waals surface area contributed by atoms with E-state index in [4.69, 9.17) is 9.16 Å². The summed E-state index contributed by atoms with van der Waals surface area (Å²) >= 11 is 0. The lowest BCUT2D eigenvalue weighted by Gasteiger charge is -2.25. The normalized spacial score (nSPS) is 11.5. The molecule has 120 valence electrons. The van der Waals surface area contributed by atoms with E-state index >= 15 is 0 Å². The molecule has 0 N–H and O–H groups in total. The number of ether oxygens (including phenoxy) is 1. The molecule has 1 rings (SSSR count). The highest BCUT2D eigenvalue weighted by Gasteiger charge is 2.33. The number of nitrogens with zero attached hydrogens (tertiary/aromatic N) is 2. The van der Waals surface area contributed by atoms with Gasteiger partial charge in [-0.1, -0.05) is 43.1 Å². The number of azo groups is 1. The van der Waals surface area contributed by atoms with Crippen LogP contribution in [0.2, 0.25) is 18.1 Å². The van der Waals surface area contributed by atoms with E-state index < -0.39 is 20.5 Å². The van der Waals surface area contributed by atoms with E-state index in [0.717, 1.165) is 23.7 Å². The summed E-state index contributed by atoms with van der Waals surface area (Å²) < 4.78 is 10.4. The highest BCUT2D eigenvalue weighted by Crippen LogP contribution is 2.22. The van der Waals surface area contributed by atoms with Crippen LogP contribution < -0.4 is 4.74 Å². The van der Waals surface area contributed by atoms with E-state index in [1.165, 1.54) is 0 Å². The van der Waals surface area contributed by atoms with Crippen molar-refractivity contribution in [3.05, 3.63) is 29.8 Å². The van der Waals surface area contributed by atoms with E-state index in [1.807, 2.05) is 33.8 Å². The van der Waals surface area contributed by atoms with Crippen LogP contribution in [0.5, 0.6) is 5.75 Å². The van der Waals surface area contributed by atoms with Crippen LogP contribution in [0.4, 0.5) is 9.59 Å². The minimum absolute atomic E-state index is 0.358. The van der Waals surface area contributed by atoms with Crippen LogP contribution in [0.1, 0.15) is 26.3 Å². The average molecular weight is 322 g/mol. The zero-order valence-corrected chi connectivity index (χ0v) is 14.5. The minimum Gasteiger partial charge on any atom is -0.501 e. The molecule has 0 aliphatic heterocycles. The predicted molar refractivity (Wildman–Crippen MR) is 85.7 cm³/mol. The first kappa shape index (κ1) is 18.0. The van der Waals surface area contributed by atoms with Gasteiger partial charge in [0, 0.05) is 0 Å². The van der Waals surface area contributed by atoms with E-state index in [0.29, 0.717) is 5.75 Å². The van der Waals surface area contributed by atoms with Crippen LogP contribution in [0.15, 0.2) is 34.5 Å². The van der Waals surface area contributed by atoms with Gasteiger partial charge in [-0.05, 0) is 42.8 Å². The lowest BCUT2D eigenvalue weighted by Crippen LogP contribution is -2.37. The van der Waals surface area contributed by atoms with Crippen molar-refractivity contribution in [2.75, 3.05) is 0 Å². The molecule has 1 aromatic rings. The monoisotopic (exact) mass is 322 g/mol. The standard InChI is InChI=1S/C15H22N2O4Si/c1-5-22(6-2,7-3)21-15(19)17-16-14(18)20-13-10-8-9-12(4)11-13/h8-11H,5-7H2,1-4H3. The predicted octanol–water partition coefficient (Wildman–Crippen LogP) is 5.09. The van der Waals surface area contributed by atoms with Crippen molar-refractivity contribution >= 4 is 20.5 Å². The molecule has 0 fully saturated rings. The highest BCUT2D eigenvalue weighted by atomic mass is 28.4. The molecule has 0 saturated heterocycles. The highest BCUT2D eigenvalue weighted by molar-refractivity contribution is 6.74. The van der Waals surface area contributed by atoms with Gasteiger partial charge in [-0.25, -0.2) is 9.59 Å². The number of amides is 2. The van der Waals surface area contributed by atoms with Gasteiger partial charge in [-0.15, -0.1) is 0 Å². The van der Waals surface area contributed by atoms with Crippen LogP contribution in [0.25, 0.3) is 0 Å². The molecule has 0 radical (unpaired) electrons. The van der Waals surface area contributed by atoms with Crippen LogP contribution in [-0.2, 0) is 4.43 Å². The second-order valence-electron chi connectivity index (χ2n) is 5.00. The van der Waals surface area contributed by atoms with Crippen molar-refractivity contribution in [1.82, 2.24) is 0 Å². The Morgan fingerprint density at radius 3 is 2.18 bits per heavy atom. The van der Waals surface area contributed by atoms with Crippen LogP contribution >= 0.6 is 0 Å². The maximum absolute atomic E-state index is 11.7. The second-order valence-corrected chi connectivity index (χ2v) is 9.69. The molecule has 0 heterocycles. The topological polar surface area (TPSA) is 77.3 Å². The Bertz CT molecular complexity index is 548. The summed E-state index contributed by atoms with van der Waals surface area (Å²) in [6.45, 7) is 7.86. The Kier molecular flexibility index (Phi) is 6.91. The first-order chi connectivity index (χ1) is 10.4. The van der Waals surface area contributed by atoms with Gasteiger partial charge in [0.15, 0.2) is 0 Å². The summed E-state index contributed by atoms with van der Waals surface area (Å²) in [7, 11) is -2.09. The van der Waals surface area contributed by atoms with Crippen molar-refractivity contribution in [2.45, 2.75) is 45.8 Å². The van der Waals surface area contributed by atoms with Crippen LogP contribution in [0.3, 0.4) is 0 Å². The molecule has 2 amide bonds. The number of carbonyl (C=O) groups excluding carboxylic acids is 2. The largest absolute Gasteiger partial charge is 0.501 e. The molecule has 0 aromatic heterocycles. The molecule has 0 saturated carbocycles. The summed E-state index contributed by atoms with van der Waals surface area (Å²) in [6, 6.07) is 9.39. The number of aryl methyl sites for hydroxylation is 1. The first-order valence-corrected chi connectivity index (χ1v) is 9.90. The van der Waals surface area contributed by atoms with E-state index in [2.05, 4.69) is 10.2 Å². The van der Waals surface area contributed by atoms with E-state index in [-0.39, 0.29) is 0 Å².